The number of alkyl halides is 3. The van der Waals surface area contributed by atoms with E-state index in [0.717, 1.165) is 0 Å². The third-order valence-corrected chi connectivity index (χ3v) is 2.63. The Kier molecular flexibility index (Phi) is 5.43. The minimum atomic E-state index is -4.45. The minimum Gasteiger partial charge on any atom is -0.362 e. The Morgan fingerprint density at radius 1 is 1.44 bits per heavy atom. The molecule has 0 aromatic heterocycles. The first-order valence-corrected chi connectivity index (χ1v) is 5.84. The largest absolute Gasteiger partial charge is 0.411 e. The van der Waals surface area contributed by atoms with E-state index in [2.05, 4.69) is 26.0 Å². The summed E-state index contributed by atoms with van der Waals surface area (Å²) in [5.41, 5.74) is 0.364. The smallest absolute Gasteiger partial charge is 0.362 e. The quantitative estimate of drug-likeness (QED) is 0.904. The van der Waals surface area contributed by atoms with E-state index in [4.69, 9.17) is 11.6 Å². The number of anilines is 1. The monoisotopic (exact) mass is 345 g/mol. The first-order valence-electron chi connectivity index (χ1n) is 4.67. The lowest BCUT2D eigenvalue weighted by molar-refractivity contribution is -0.174. The predicted molar refractivity (Wildman–Crippen MR) is 64.7 cm³/mol. The summed E-state index contributed by atoms with van der Waals surface area (Å²) in [7, 11) is 0. The molecule has 0 radical (unpaired) electrons. The standard InChI is InChI=1S/C10H8BrClF3NO2/c11-7-2-1-6(12)3-8(7)16-9(17)4-18-5-10(13,14)15/h1-3H,4-5H2,(H,16,17). The highest BCUT2D eigenvalue weighted by Gasteiger charge is 2.27. The highest BCUT2D eigenvalue weighted by atomic mass is 79.9. The lowest BCUT2D eigenvalue weighted by Crippen LogP contribution is -2.24. The number of ether oxygens (including phenoxy) is 1. The highest BCUT2D eigenvalue weighted by molar-refractivity contribution is 9.10. The molecule has 100 valence electrons. The number of benzene rings is 1. The van der Waals surface area contributed by atoms with E-state index < -0.39 is 25.3 Å². The number of carbonyl (C=O) groups excluding carboxylic acids is 1. The van der Waals surface area contributed by atoms with Gasteiger partial charge >= 0.3 is 6.18 Å². The zero-order chi connectivity index (χ0) is 13.8. The van der Waals surface area contributed by atoms with E-state index in [1.807, 2.05) is 0 Å². The highest BCUT2D eigenvalue weighted by Crippen LogP contribution is 2.25. The van der Waals surface area contributed by atoms with Gasteiger partial charge in [0.1, 0.15) is 13.2 Å². The van der Waals surface area contributed by atoms with Crippen LogP contribution in [0.4, 0.5) is 18.9 Å². The number of hydrogen-bond donors (Lipinski definition) is 1. The molecule has 0 fully saturated rings. The van der Waals surface area contributed by atoms with E-state index in [1.165, 1.54) is 6.07 Å². The molecule has 0 spiro atoms. The number of amides is 1. The van der Waals surface area contributed by atoms with Crippen molar-refractivity contribution in [3.8, 4) is 0 Å². The van der Waals surface area contributed by atoms with Crippen LogP contribution >= 0.6 is 27.5 Å². The Labute approximate surface area is 114 Å². The fraction of sp³-hybridized carbons (Fsp3) is 0.300. The first kappa shape index (κ1) is 15.3. The van der Waals surface area contributed by atoms with Crippen LogP contribution in [0, 0.1) is 0 Å². The minimum absolute atomic E-state index is 0.364. The summed E-state index contributed by atoms with van der Waals surface area (Å²) < 4.78 is 40.1. The van der Waals surface area contributed by atoms with Crippen molar-refractivity contribution in [1.29, 1.82) is 0 Å². The maximum Gasteiger partial charge on any atom is 0.411 e. The summed E-state index contributed by atoms with van der Waals surface area (Å²) in [5, 5.41) is 2.77. The Bertz CT molecular complexity index is 440. The van der Waals surface area contributed by atoms with Crippen LogP contribution in [-0.2, 0) is 9.53 Å². The van der Waals surface area contributed by atoms with Gasteiger partial charge in [-0.05, 0) is 34.1 Å². The van der Waals surface area contributed by atoms with Crippen LogP contribution in [0.1, 0.15) is 0 Å². The lowest BCUT2D eigenvalue weighted by Gasteiger charge is -2.09. The van der Waals surface area contributed by atoms with Gasteiger partial charge < -0.3 is 10.1 Å². The number of hydrogen-bond acceptors (Lipinski definition) is 2. The van der Waals surface area contributed by atoms with E-state index in [0.29, 0.717) is 15.2 Å². The maximum absolute atomic E-state index is 11.8. The second-order valence-electron chi connectivity index (χ2n) is 3.28. The van der Waals surface area contributed by atoms with Crippen molar-refractivity contribution >= 4 is 39.1 Å². The van der Waals surface area contributed by atoms with Crippen LogP contribution in [0.2, 0.25) is 5.02 Å². The molecule has 8 heteroatoms. The van der Waals surface area contributed by atoms with E-state index >= 15 is 0 Å². The third kappa shape index (κ3) is 5.70. The molecule has 0 saturated heterocycles. The molecule has 1 aromatic carbocycles. The van der Waals surface area contributed by atoms with Gasteiger partial charge in [-0.2, -0.15) is 13.2 Å². The van der Waals surface area contributed by atoms with Gasteiger partial charge in [-0.25, -0.2) is 0 Å². The molecule has 1 N–H and O–H groups in total. The summed E-state index contributed by atoms with van der Waals surface area (Å²) in [6.45, 7) is -2.14. The molecule has 0 saturated carbocycles. The summed E-state index contributed by atoms with van der Waals surface area (Å²) in [4.78, 5) is 11.3. The molecular formula is C10H8BrClF3NO2. The molecule has 0 heterocycles. The van der Waals surface area contributed by atoms with Gasteiger partial charge in [0.05, 0.1) is 5.69 Å². The molecule has 0 bridgehead atoms. The van der Waals surface area contributed by atoms with Gasteiger partial charge in [0, 0.05) is 9.50 Å². The number of halogens is 5. The average Bonchev–Trinajstić information content (AvgIpc) is 2.21. The van der Waals surface area contributed by atoms with Crippen molar-refractivity contribution < 1.29 is 22.7 Å². The summed E-state index contributed by atoms with van der Waals surface area (Å²) in [6, 6.07) is 4.67. The van der Waals surface area contributed by atoms with E-state index in [1.54, 1.807) is 12.1 Å². The topological polar surface area (TPSA) is 38.3 Å². The number of nitrogens with one attached hydrogen (secondary N) is 1. The van der Waals surface area contributed by atoms with Gasteiger partial charge in [-0.1, -0.05) is 11.6 Å². The van der Waals surface area contributed by atoms with Gasteiger partial charge in [-0.15, -0.1) is 0 Å². The summed E-state index contributed by atoms with van der Waals surface area (Å²) >= 11 is 8.88. The van der Waals surface area contributed by atoms with Crippen LogP contribution < -0.4 is 5.32 Å². The molecular weight excluding hydrogens is 338 g/mol. The van der Waals surface area contributed by atoms with Gasteiger partial charge in [0.15, 0.2) is 0 Å². The van der Waals surface area contributed by atoms with E-state index in [9.17, 15) is 18.0 Å². The van der Waals surface area contributed by atoms with Gasteiger partial charge in [0.2, 0.25) is 5.91 Å². The molecule has 0 atom stereocenters. The normalized spacial score (nSPS) is 11.4. The molecule has 0 aliphatic carbocycles. The Morgan fingerprint density at radius 2 is 2.11 bits per heavy atom. The predicted octanol–water partition coefficient (Wildman–Crippen LogP) is 3.62. The second kappa shape index (κ2) is 6.40. The second-order valence-corrected chi connectivity index (χ2v) is 4.57. The van der Waals surface area contributed by atoms with Crippen molar-refractivity contribution in [3.05, 3.63) is 27.7 Å². The zero-order valence-electron chi connectivity index (χ0n) is 8.85. The van der Waals surface area contributed by atoms with Crippen molar-refractivity contribution in [2.75, 3.05) is 18.5 Å². The molecule has 0 aliphatic rings. The van der Waals surface area contributed by atoms with Crippen LogP contribution in [0.5, 0.6) is 0 Å². The molecule has 0 aliphatic heterocycles. The fourth-order valence-corrected chi connectivity index (χ4v) is 1.56. The molecule has 1 aromatic rings. The fourth-order valence-electron chi connectivity index (χ4n) is 1.04. The van der Waals surface area contributed by atoms with Crippen molar-refractivity contribution in [2.24, 2.45) is 0 Å². The summed E-state index contributed by atoms with van der Waals surface area (Å²) in [6.07, 6.45) is -4.45. The third-order valence-electron chi connectivity index (χ3n) is 1.70. The van der Waals surface area contributed by atoms with Crippen LogP contribution in [0.25, 0.3) is 0 Å². The summed E-state index contributed by atoms with van der Waals surface area (Å²) in [5.74, 6) is -0.692. The number of rotatable bonds is 4. The van der Waals surface area contributed by atoms with Crippen molar-refractivity contribution in [1.82, 2.24) is 0 Å². The average molecular weight is 347 g/mol. The molecule has 1 rings (SSSR count). The Morgan fingerprint density at radius 3 is 2.72 bits per heavy atom. The number of carbonyl (C=O) groups is 1. The molecule has 1 amide bonds. The van der Waals surface area contributed by atoms with Crippen LogP contribution in [-0.4, -0.2) is 25.3 Å². The van der Waals surface area contributed by atoms with Crippen molar-refractivity contribution in [2.45, 2.75) is 6.18 Å². The SMILES string of the molecule is O=C(COCC(F)(F)F)Nc1cc(Cl)ccc1Br. The lowest BCUT2D eigenvalue weighted by atomic mass is 10.3. The Hall–Kier alpha value is -0.790. The van der Waals surface area contributed by atoms with Crippen molar-refractivity contribution in [3.63, 3.8) is 0 Å². The molecule has 18 heavy (non-hydrogen) atoms. The van der Waals surface area contributed by atoms with Crippen LogP contribution in [0.15, 0.2) is 22.7 Å². The Balaban J connectivity index is 2.47. The first-order chi connectivity index (χ1) is 8.28. The zero-order valence-corrected chi connectivity index (χ0v) is 11.2. The van der Waals surface area contributed by atoms with Gasteiger partial charge in [0.25, 0.3) is 0 Å². The van der Waals surface area contributed by atoms with Gasteiger partial charge in [-0.3, -0.25) is 4.79 Å². The molecule has 0 unspecified atom stereocenters. The molecule has 3 nitrogen and oxygen atoms in total. The maximum atomic E-state index is 11.8. The van der Waals surface area contributed by atoms with Crippen LogP contribution in [0.3, 0.4) is 0 Å². The van der Waals surface area contributed by atoms with E-state index in [-0.39, 0.29) is 0 Å².